The lowest BCUT2D eigenvalue weighted by molar-refractivity contribution is -0.145. The van der Waals surface area contributed by atoms with Gasteiger partial charge >= 0.3 is 0 Å². The smallest absolute Gasteiger partial charge is 0.242 e. The lowest BCUT2D eigenvalue weighted by Crippen LogP contribution is -2.53. The molecule has 106 valence electrons. The summed E-state index contributed by atoms with van der Waals surface area (Å²) in [5, 5.41) is 0. The van der Waals surface area contributed by atoms with Gasteiger partial charge in [0.1, 0.15) is 0 Å². The minimum Gasteiger partial charge on any atom is -0.397 e. The van der Waals surface area contributed by atoms with Gasteiger partial charge in [-0.25, -0.2) is 0 Å². The highest BCUT2D eigenvalue weighted by molar-refractivity contribution is 5.87. The molecular formula is C14H18N4O2. The van der Waals surface area contributed by atoms with Crippen molar-refractivity contribution in [2.75, 3.05) is 25.4 Å². The third-order valence-corrected chi connectivity index (χ3v) is 3.78. The van der Waals surface area contributed by atoms with Crippen molar-refractivity contribution in [3.05, 3.63) is 24.0 Å². The van der Waals surface area contributed by atoms with Crippen LogP contribution in [0.4, 0.5) is 5.69 Å². The van der Waals surface area contributed by atoms with E-state index < -0.39 is 0 Å². The van der Waals surface area contributed by atoms with Gasteiger partial charge in [-0.15, -0.1) is 0 Å². The standard InChI is InChI=1S/C14H18N4O2/c15-10-1-2-11(16-8-10)7-13(19)17-5-6-18(12-3-4-12)14(20)9-17/h1-2,8,12H,3-7,9,15H2. The van der Waals surface area contributed by atoms with Gasteiger partial charge in [-0.2, -0.15) is 0 Å². The number of nitrogens with zero attached hydrogens (tertiary/aromatic N) is 3. The topological polar surface area (TPSA) is 79.5 Å². The van der Waals surface area contributed by atoms with Crippen molar-refractivity contribution in [1.29, 1.82) is 0 Å². The summed E-state index contributed by atoms with van der Waals surface area (Å²) in [5.41, 5.74) is 6.82. The van der Waals surface area contributed by atoms with Gasteiger partial charge in [0.15, 0.2) is 0 Å². The monoisotopic (exact) mass is 274 g/mol. The van der Waals surface area contributed by atoms with E-state index in [1.807, 2.05) is 4.90 Å². The number of aromatic nitrogens is 1. The first-order valence-corrected chi connectivity index (χ1v) is 6.91. The van der Waals surface area contributed by atoms with Gasteiger partial charge in [-0.1, -0.05) is 0 Å². The first kappa shape index (κ1) is 12.9. The molecule has 2 aliphatic rings. The SMILES string of the molecule is Nc1ccc(CC(=O)N2CCN(C3CC3)C(=O)C2)nc1. The highest BCUT2D eigenvalue weighted by Crippen LogP contribution is 2.28. The Balaban J connectivity index is 1.57. The van der Waals surface area contributed by atoms with E-state index in [1.165, 1.54) is 0 Å². The second-order valence-corrected chi connectivity index (χ2v) is 5.39. The van der Waals surface area contributed by atoms with E-state index >= 15 is 0 Å². The van der Waals surface area contributed by atoms with Gasteiger partial charge < -0.3 is 15.5 Å². The number of rotatable bonds is 3. The van der Waals surface area contributed by atoms with Crippen LogP contribution in [0.3, 0.4) is 0 Å². The van der Waals surface area contributed by atoms with Crippen molar-refractivity contribution in [3.63, 3.8) is 0 Å². The summed E-state index contributed by atoms with van der Waals surface area (Å²) in [5.74, 6) is 0.0171. The number of nitrogen functional groups attached to an aromatic ring is 1. The zero-order valence-corrected chi connectivity index (χ0v) is 11.3. The molecule has 2 fully saturated rings. The lowest BCUT2D eigenvalue weighted by atomic mass is 10.2. The van der Waals surface area contributed by atoms with E-state index in [-0.39, 0.29) is 24.8 Å². The van der Waals surface area contributed by atoms with Crippen molar-refractivity contribution >= 4 is 17.5 Å². The molecule has 0 radical (unpaired) electrons. The third-order valence-electron chi connectivity index (χ3n) is 3.78. The highest BCUT2D eigenvalue weighted by atomic mass is 16.2. The number of carbonyl (C=O) groups excluding carboxylic acids is 2. The summed E-state index contributed by atoms with van der Waals surface area (Å²) >= 11 is 0. The normalized spacial score (nSPS) is 19.3. The summed E-state index contributed by atoms with van der Waals surface area (Å²) < 4.78 is 0. The fraction of sp³-hybridized carbons (Fsp3) is 0.500. The average molecular weight is 274 g/mol. The molecule has 3 rings (SSSR count). The number of carbonyl (C=O) groups is 2. The molecular weight excluding hydrogens is 256 g/mol. The van der Waals surface area contributed by atoms with Gasteiger partial charge in [0.05, 0.1) is 24.8 Å². The number of nitrogens with two attached hydrogens (primary N) is 1. The highest BCUT2D eigenvalue weighted by Gasteiger charge is 2.36. The number of piperazine rings is 1. The van der Waals surface area contributed by atoms with E-state index in [4.69, 9.17) is 5.73 Å². The van der Waals surface area contributed by atoms with Crippen LogP contribution in [0.5, 0.6) is 0 Å². The van der Waals surface area contributed by atoms with E-state index in [9.17, 15) is 9.59 Å². The molecule has 0 atom stereocenters. The maximum absolute atomic E-state index is 12.2. The Morgan fingerprint density at radius 3 is 2.75 bits per heavy atom. The summed E-state index contributed by atoms with van der Waals surface area (Å²) in [6.45, 7) is 1.48. The third kappa shape index (κ3) is 2.74. The zero-order chi connectivity index (χ0) is 14.1. The van der Waals surface area contributed by atoms with Gasteiger partial charge in [0.2, 0.25) is 11.8 Å². The first-order chi connectivity index (χ1) is 9.63. The molecule has 20 heavy (non-hydrogen) atoms. The Hall–Kier alpha value is -2.11. The number of pyridine rings is 1. The van der Waals surface area contributed by atoms with Crippen LogP contribution in [0, 0.1) is 0 Å². The summed E-state index contributed by atoms with van der Waals surface area (Å²) in [6.07, 6.45) is 3.97. The van der Waals surface area contributed by atoms with Crippen molar-refractivity contribution in [2.24, 2.45) is 0 Å². The van der Waals surface area contributed by atoms with Crippen LogP contribution in [0.2, 0.25) is 0 Å². The molecule has 1 saturated heterocycles. The Labute approximate surface area is 117 Å². The molecule has 1 aliphatic carbocycles. The lowest BCUT2D eigenvalue weighted by Gasteiger charge is -2.34. The molecule has 1 saturated carbocycles. The molecule has 0 unspecified atom stereocenters. The van der Waals surface area contributed by atoms with Gasteiger partial charge in [-0.3, -0.25) is 14.6 Å². The molecule has 2 amide bonds. The second-order valence-electron chi connectivity index (χ2n) is 5.39. The van der Waals surface area contributed by atoms with Gasteiger partial charge in [0, 0.05) is 24.8 Å². The van der Waals surface area contributed by atoms with Crippen LogP contribution in [0.1, 0.15) is 18.5 Å². The molecule has 6 heteroatoms. The summed E-state index contributed by atoms with van der Waals surface area (Å²) in [6, 6.07) is 3.90. The zero-order valence-electron chi connectivity index (χ0n) is 11.3. The second kappa shape index (κ2) is 5.11. The van der Waals surface area contributed by atoms with Crippen molar-refractivity contribution in [1.82, 2.24) is 14.8 Å². The predicted octanol–water partition coefficient (Wildman–Crippen LogP) is 0.0395. The van der Waals surface area contributed by atoms with Crippen LogP contribution in [0.15, 0.2) is 18.3 Å². The predicted molar refractivity (Wildman–Crippen MR) is 73.7 cm³/mol. The maximum atomic E-state index is 12.2. The molecule has 0 spiro atoms. The largest absolute Gasteiger partial charge is 0.397 e. The van der Waals surface area contributed by atoms with Crippen LogP contribution in [-0.2, 0) is 16.0 Å². The number of hydrogen-bond acceptors (Lipinski definition) is 4. The Bertz CT molecular complexity index is 524. The van der Waals surface area contributed by atoms with E-state index in [1.54, 1.807) is 23.2 Å². The molecule has 1 aliphatic heterocycles. The Kier molecular flexibility index (Phi) is 3.30. The van der Waals surface area contributed by atoms with Crippen molar-refractivity contribution in [3.8, 4) is 0 Å². The van der Waals surface area contributed by atoms with E-state index in [0.29, 0.717) is 30.5 Å². The minimum atomic E-state index is -0.0499. The Morgan fingerprint density at radius 1 is 1.35 bits per heavy atom. The fourth-order valence-electron chi connectivity index (χ4n) is 2.48. The van der Waals surface area contributed by atoms with Gasteiger partial charge in [-0.05, 0) is 25.0 Å². The molecule has 1 aromatic heterocycles. The summed E-state index contributed by atoms with van der Waals surface area (Å²) in [4.78, 5) is 31.8. The number of amides is 2. The quantitative estimate of drug-likeness (QED) is 0.844. The molecule has 2 heterocycles. The van der Waals surface area contributed by atoms with Crippen molar-refractivity contribution in [2.45, 2.75) is 25.3 Å². The van der Waals surface area contributed by atoms with Crippen molar-refractivity contribution < 1.29 is 9.59 Å². The number of hydrogen-bond donors (Lipinski definition) is 1. The summed E-state index contributed by atoms with van der Waals surface area (Å²) in [7, 11) is 0. The van der Waals surface area contributed by atoms with Crippen LogP contribution in [-0.4, -0.2) is 52.3 Å². The first-order valence-electron chi connectivity index (χ1n) is 6.91. The average Bonchev–Trinajstić information content (AvgIpc) is 3.25. The minimum absolute atomic E-state index is 0.0499. The van der Waals surface area contributed by atoms with E-state index in [0.717, 1.165) is 12.8 Å². The Morgan fingerprint density at radius 2 is 2.15 bits per heavy atom. The van der Waals surface area contributed by atoms with E-state index in [2.05, 4.69) is 4.98 Å². The molecule has 6 nitrogen and oxygen atoms in total. The molecule has 1 aromatic rings. The molecule has 2 N–H and O–H groups in total. The van der Waals surface area contributed by atoms with Crippen LogP contribution < -0.4 is 5.73 Å². The number of anilines is 1. The fourth-order valence-corrected chi connectivity index (χ4v) is 2.48. The van der Waals surface area contributed by atoms with Crippen LogP contribution >= 0.6 is 0 Å². The van der Waals surface area contributed by atoms with Gasteiger partial charge in [0.25, 0.3) is 0 Å². The maximum Gasteiger partial charge on any atom is 0.242 e. The molecule has 0 aromatic carbocycles. The molecule has 0 bridgehead atoms. The van der Waals surface area contributed by atoms with Crippen LogP contribution in [0.25, 0.3) is 0 Å².